The maximum atomic E-state index is 13.3. The topological polar surface area (TPSA) is 91.5 Å². The number of pyridine rings is 1. The van der Waals surface area contributed by atoms with E-state index in [4.69, 9.17) is 5.73 Å². The molecule has 2 aromatic rings. The molecule has 3 aliphatic rings. The number of nitrogens with one attached hydrogen (secondary N) is 1. The predicted molar refractivity (Wildman–Crippen MR) is 115 cm³/mol. The summed E-state index contributed by atoms with van der Waals surface area (Å²) in [5, 5.41) is 14.8. The van der Waals surface area contributed by atoms with Crippen LogP contribution in [-0.2, 0) is 16.9 Å². The van der Waals surface area contributed by atoms with Gasteiger partial charge in [-0.15, -0.1) is 0 Å². The van der Waals surface area contributed by atoms with Gasteiger partial charge in [0.05, 0.1) is 5.69 Å². The van der Waals surface area contributed by atoms with Gasteiger partial charge in [-0.25, -0.2) is 4.98 Å². The van der Waals surface area contributed by atoms with Crippen molar-refractivity contribution in [2.24, 2.45) is 17.8 Å². The molecule has 4 N–H and O–H groups in total. The van der Waals surface area contributed by atoms with E-state index in [0.717, 1.165) is 56.6 Å². The van der Waals surface area contributed by atoms with Crippen molar-refractivity contribution in [2.45, 2.75) is 43.9 Å². The van der Waals surface area contributed by atoms with E-state index in [1.165, 1.54) is 0 Å². The molecule has 0 bridgehead atoms. The van der Waals surface area contributed by atoms with Gasteiger partial charge in [-0.05, 0) is 42.4 Å². The highest BCUT2D eigenvalue weighted by Gasteiger charge is 2.58. The van der Waals surface area contributed by atoms with Gasteiger partial charge in [0.2, 0.25) is 0 Å². The second-order valence-corrected chi connectivity index (χ2v) is 9.19. The molecule has 3 fully saturated rings. The minimum absolute atomic E-state index is 0.00963. The SMILES string of the molecule is Nc1cccc(CN2C[C@@H]3C(NC(=O)C(O)(c4ccccc4)C4CCCC4)[C@@H]3C2)n1. The van der Waals surface area contributed by atoms with E-state index in [1.54, 1.807) is 6.07 Å². The van der Waals surface area contributed by atoms with E-state index in [9.17, 15) is 9.90 Å². The van der Waals surface area contributed by atoms with Crippen LogP contribution < -0.4 is 11.1 Å². The fraction of sp³-hybridized carbons (Fsp3) is 0.500. The molecule has 158 valence electrons. The summed E-state index contributed by atoms with van der Waals surface area (Å²) < 4.78 is 0. The molecule has 1 aromatic carbocycles. The minimum atomic E-state index is -1.43. The first-order chi connectivity index (χ1) is 14.6. The van der Waals surface area contributed by atoms with E-state index in [0.29, 0.717) is 17.7 Å². The number of nitrogen functional groups attached to an aromatic ring is 1. The Morgan fingerprint density at radius 2 is 1.80 bits per heavy atom. The molecule has 0 radical (unpaired) electrons. The number of nitrogens with zero attached hydrogens (tertiary/aromatic N) is 2. The molecule has 5 rings (SSSR count). The van der Waals surface area contributed by atoms with Crippen molar-refractivity contribution in [1.82, 2.24) is 15.2 Å². The summed E-state index contributed by atoms with van der Waals surface area (Å²) in [6.45, 7) is 2.67. The average Bonchev–Trinajstić information content (AvgIpc) is 3.17. The monoisotopic (exact) mass is 406 g/mol. The number of piperidine rings is 1. The van der Waals surface area contributed by atoms with Crippen LogP contribution in [0.1, 0.15) is 36.9 Å². The molecule has 2 saturated carbocycles. The zero-order valence-electron chi connectivity index (χ0n) is 17.2. The fourth-order valence-corrected chi connectivity index (χ4v) is 5.62. The van der Waals surface area contributed by atoms with Crippen molar-refractivity contribution in [3.63, 3.8) is 0 Å². The standard InChI is InChI=1S/C24H30N4O2/c25-21-12-6-11-18(26-21)13-28-14-19-20(15-28)22(19)27-23(29)24(30,17-9-4-5-10-17)16-7-2-1-3-8-16/h1-3,6-8,11-12,17,19-20,22,30H,4-5,9-10,13-15H2,(H2,25,26)(H,27,29)/t19-,20+,22?,24?. The zero-order chi connectivity index (χ0) is 20.7. The van der Waals surface area contributed by atoms with Crippen LogP contribution in [0.3, 0.4) is 0 Å². The van der Waals surface area contributed by atoms with Gasteiger partial charge in [-0.2, -0.15) is 0 Å². The van der Waals surface area contributed by atoms with Crippen molar-refractivity contribution in [2.75, 3.05) is 18.8 Å². The number of rotatable bonds is 6. The van der Waals surface area contributed by atoms with Crippen molar-refractivity contribution in [3.8, 4) is 0 Å². The van der Waals surface area contributed by atoms with Crippen molar-refractivity contribution in [1.29, 1.82) is 0 Å². The van der Waals surface area contributed by atoms with Crippen molar-refractivity contribution >= 4 is 11.7 Å². The van der Waals surface area contributed by atoms with E-state index in [1.807, 2.05) is 42.5 Å². The Balaban J connectivity index is 1.23. The molecular formula is C24H30N4O2. The lowest BCUT2D eigenvalue weighted by Crippen LogP contribution is -2.50. The highest BCUT2D eigenvalue weighted by molar-refractivity contribution is 5.87. The Kier molecular flexibility index (Phi) is 4.99. The van der Waals surface area contributed by atoms with E-state index in [2.05, 4.69) is 15.2 Å². The van der Waals surface area contributed by atoms with Gasteiger partial charge in [0, 0.05) is 31.6 Å². The molecule has 2 aliphatic carbocycles. The summed E-state index contributed by atoms with van der Waals surface area (Å²) in [5.74, 6) is 1.24. The molecule has 6 nitrogen and oxygen atoms in total. The smallest absolute Gasteiger partial charge is 0.257 e. The first-order valence-electron chi connectivity index (χ1n) is 11.1. The summed E-state index contributed by atoms with van der Waals surface area (Å²) in [7, 11) is 0. The van der Waals surface area contributed by atoms with E-state index >= 15 is 0 Å². The molecule has 30 heavy (non-hydrogen) atoms. The molecule has 1 saturated heterocycles. The zero-order valence-corrected chi connectivity index (χ0v) is 17.2. The third-order valence-corrected chi connectivity index (χ3v) is 7.29. The van der Waals surface area contributed by atoms with Crippen LogP contribution in [0.2, 0.25) is 0 Å². The third-order valence-electron chi connectivity index (χ3n) is 7.29. The van der Waals surface area contributed by atoms with Crippen LogP contribution in [0, 0.1) is 17.8 Å². The van der Waals surface area contributed by atoms with Crippen LogP contribution in [0.5, 0.6) is 0 Å². The molecule has 0 spiro atoms. The van der Waals surface area contributed by atoms with Crippen LogP contribution in [0.15, 0.2) is 48.5 Å². The van der Waals surface area contributed by atoms with Crippen molar-refractivity contribution in [3.05, 3.63) is 59.8 Å². The second-order valence-electron chi connectivity index (χ2n) is 9.19. The highest BCUT2D eigenvalue weighted by Crippen LogP contribution is 2.47. The van der Waals surface area contributed by atoms with Gasteiger partial charge >= 0.3 is 0 Å². The van der Waals surface area contributed by atoms with Gasteiger partial charge in [0.25, 0.3) is 5.91 Å². The summed E-state index contributed by atoms with van der Waals surface area (Å²) >= 11 is 0. The van der Waals surface area contributed by atoms with Gasteiger partial charge < -0.3 is 16.2 Å². The summed E-state index contributed by atoms with van der Waals surface area (Å²) in [6, 6.07) is 15.4. The molecular weight excluding hydrogens is 376 g/mol. The number of amides is 1. The van der Waals surface area contributed by atoms with Crippen LogP contribution in [-0.4, -0.2) is 40.0 Å². The number of fused-ring (bicyclic) bond motifs is 1. The highest BCUT2D eigenvalue weighted by atomic mass is 16.3. The number of anilines is 1. The van der Waals surface area contributed by atoms with E-state index in [-0.39, 0.29) is 17.9 Å². The molecule has 4 atom stereocenters. The summed E-state index contributed by atoms with van der Waals surface area (Å²) in [5.41, 5.74) is 6.05. The quantitative estimate of drug-likeness (QED) is 0.685. The molecule has 2 heterocycles. The molecule has 1 aromatic heterocycles. The largest absolute Gasteiger partial charge is 0.384 e. The first kappa shape index (κ1) is 19.5. The fourth-order valence-electron chi connectivity index (χ4n) is 5.62. The lowest BCUT2D eigenvalue weighted by atomic mass is 9.79. The second kappa shape index (κ2) is 7.67. The number of aromatic nitrogens is 1. The first-order valence-corrected chi connectivity index (χ1v) is 11.1. The summed E-state index contributed by atoms with van der Waals surface area (Å²) in [6.07, 6.45) is 3.96. The average molecular weight is 407 g/mol. The van der Waals surface area contributed by atoms with E-state index < -0.39 is 5.60 Å². The number of benzene rings is 1. The lowest BCUT2D eigenvalue weighted by Gasteiger charge is -2.33. The van der Waals surface area contributed by atoms with Gasteiger partial charge in [0.15, 0.2) is 5.60 Å². The van der Waals surface area contributed by atoms with Crippen LogP contribution >= 0.6 is 0 Å². The van der Waals surface area contributed by atoms with Crippen molar-refractivity contribution < 1.29 is 9.90 Å². The summed E-state index contributed by atoms with van der Waals surface area (Å²) in [4.78, 5) is 20.1. The number of likely N-dealkylation sites (tertiary alicyclic amines) is 1. The van der Waals surface area contributed by atoms with Gasteiger partial charge in [-0.3, -0.25) is 9.69 Å². The van der Waals surface area contributed by atoms with Crippen LogP contribution in [0.25, 0.3) is 0 Å². The number of hydrogen-bond donors (Lipinski definition) is 3. The normalized spacial score (nSPS) is 28.1. The molecule has 1 aliphatic heterocycles. The Morgan fingerprint density at radius 1 is 1.10 bits per heavy atom. The molecule has 2 unspecified atom stereocenters. The van der Waals surface area contributed by atoms with Crippen LogP contribution in [0.4, 0.5) is 5.82 Å². The lowest BCUT2D eigenvalue weighted by molar-refractivity contribution is -0.147. The Bertz CT molecular complexity index is 902. The molecule has 1 amide bonds. The number of carbonyl (C=O) groups is 1. The third kappa shape index (κ3) is 3.48. The minimum Gasteiger partial charge on any atom is -0.384 e. The maximum Gasteiger partial charge on any atom is 0.257 e. The number of aliphatic hydroxyl groups is 1. The van der Waals surface area contributed by atoms with Gasteiger partial charge in [0.1, 0.15) is 5.82 Å². The Labute approximate surface area is 177 Å². The predicted octanol–water partition coefficient (Wildman–Crippen LogP) is 2.29. The maximum absolute atomic E-state index is 13.3. The Hall–Kier alpha value is -2.44. The number of carbonyl (C=O) groups excluding carboxylic acids is 1. The molecule has 6 heteroatoms. The Morgan fingerprint density at radius 3 is 2.47 bits per heavy atom. The van der Waals surface area contributed by atoms with Gasteiger partial charge in [-0.1, -0.05) is 49.2 Å². The number of hydrogen-bond acceptors (Lipinski definition) is 5. The number of nitrogens with two attached hydrogens (primary N) is 1.